The second kappa shape index (κ2) is 21.1. The molecule has 5 fully saturated rings. The fourth-order valence-electron chi connectivity index (χ4n) is 10.2. The van der Waals surface area contributed by atoms with Crippen LogP contribution in [0.25, 0.3) is 0 Å². The average molecular weight is 939 g/mol. The molecule has 66 heavy (non-hydrogen) atoms. The molecule has 5 aliphatic heterocycles. The Morgan fingerprint density at radius 3 is 2.06 bits per heavy atom. The fraction of sp³-hybridized carbons (Fsp3) is 0.841. The summed E-state index contributed by atoms with van der Waals surface area (Å²) in [6, 6.07) is -8.22. The second-order valence-electron chi connectivity index (χ2n) is 20.0. The Bertz CT molecular complexity index is 1810. The molecule has 0 aliphatic carbocycles. The van der Waals surface area contributed by atoms with Crippen molar-refractivity contribution < 1.29 is 68.4 Å². The molecule has 374 valence electrons. The van der Waals surface area contributed by atoms with Gasteiger partial charge in [-0.1, -0.05) is 48.5 Å². The quantitative estimate of drug-likeness (QED) is 0.120. The number of rotatable bonds is 9. The van der Waals surface area contributed by atoms with Crippen molar-refractivity contribution in [2.24, 2.45) is 23.7 Å². The molecule has 5 aliphatic rings. The van der Waals surface area contributed by atoms with Gasteiger partial charge in [0.15, 0.2) is 11.6 Å². The molecule has 0 aromatic rings. The first kappa shape index (κ1) is 52.9. The lowest BCUT2D eigenvalue weighted by Crippen LogP contribution is -2.70. The number of carbonyl (C=O) groups is 7. The van der Waals surface area contributed by atoms with E-state index in [0.717, 1.165) is 21.3 Å². The Hall–Kier alpha value is -4.03. The van der Waals surface area contributed by atoms with E-state index >= 15 is 4.79 Å². The maximum Gasteiger partial charge on any atom is 0.332 e. The molecule has 11 unspecified atom stereocenters. The first-order valence-corrected chi connectivity index (χ1v) is 23.5. The van der Waals surface area contributed by atoms with Crippen molar-refractivity contribution in [1.29, 1.82) is 0 Å². The molecule has 0 bridgehead atoms. The summed E-state index contributed by atoms with van der Waals surface area (Å²) >= 11 is 0. The van der Waals surface area contributed by atoms with Gasteiger partial charge < -0.3 is 34.6 Å². The van der Waals surface area contributed by atoms with Crippen molar-refractivity contribution in [2.45, 2.75) is 180 Å². The van der Waals surface area contributed by atoms with E-state index in [0.29, 0.717) is 31.6 Å². The molecule has 5 rings (SSSR count). The number of hydroxylamine groups is 4. The monoisotopic (exact) mass is 939 g/mol. The Kier molecular flexibility index (Phi) is 16.9. The van der Waals surface area contributed by atoms with Crippen molar-refractivity contribution in [3.63, 3.8) is 0 Å². The number of hydrazine groups is 2. The highest BCUT2D eigenvalue weighted by Gasteiger charge is 2.60. The van der Waals surface area contributed by atoms with Crippen molar-refractivity contribution >= 4 is 41.4 Å². The Morgan fingerprint density at radius 2 is 1.50 bits per heavy atom. The van der Waals surface area contributed by atoms with Gasteiger partial charge in [-0.3, -0.25) is 49.2 Å². The maximum atomic E-state index is 15.1. The molecule has 11 atom stereocenters. The zero-order chi connectivity index (χ0) is 49.2. The molecule has 6 amide bonds. The van der Waals surface area contributed by atoms with Gasteiger partial charge in [0.1, 0.15) is 36.8 Å². The van der Waals surface area contributed by atoms with E-state index < -0.39 is 119 Å². The minimum Gasteiger partial charge on any atom is -0.458 e. The summed E-state index contributed by atoms with van der Waals surface area (Å²) < 4.78 is 18.4. The van der Waals surface area contributed by atoms with Gasteiger partial charge in [-0.25, -0.2) is 25.8 Å². The lowest BCUT2D eigenvalue weighted by Gasteiger charge is -2.50. The molecule has 5 saturated heterocycles. The summed E-state index contributed by atoms with van der Waals surface area (Å²) in [5.41, 5.74) is 1.27. The van der Waals surface area contributed by atoms with Crippen LogP contribution >= 0.6 is 0 Å². The molecule has 7 N–H and O–H groups in total. The Morgan fingerprint density at radius 1 is 0.894 bits per heavy atom. The van der Waals surface area contributed by atoms with Crippen LogP contribution in [0.4, 0.5) is 0 Å². The largest absolute Gasteiger partial charge is 0.458 e. The highest BCUT2D eigenvalue weighted by atomic mass is 16.7. The van der Waals surface area contributed by atoms with E-state index in [4.69, 9.17) is 14.2 Å². The SMILES string of the molecule is CCC1OC(OC)(C(C)(O)C(=O)NC2C(=O)N3NCCCC3C(=O)N(O)CC(=O)N3NCCCC3C(=O)N3CCC(C)(O)C3C(=O)N(O)C(C(C)C)C(=O)OC2C(C)C)CCC1CC(C)C. The number of amides is 6. The van der Waals surface area contributed by atoms with E-state index in [1.165, 1.54) is 34.8 Å². The van der Waals surface area contributed by atoms with E-state index in [1.54, 1.807) is 13.8 Å². The molecular formula is C44H74N8O14. The van der Waals surface area contributed by atoms with Gasteiger partial charge in [-0.15, -0.1) is 0 Å². The summed E-state index contributed by atoms with van der Waals surface area (Å²) in [5.74, 6) is -10.6. The van der Waals surface area contributed by atoms with Crippen molar-refractivity contribution in [2.75, 3.05) is 33.3 Å². The normalized spacial score (nSPS) is 34.7. The lowest BCUT2D eigenvalue weighted by molar-refractivity contribution is -0.339. The van der Waals surface area contributed by atoms with Crippen LogP contribution in [0.5, 0.6) is 0 Å². The summed E-state index contributed by atoms with van der Waals surface area (Å²) in [6.07, 6.45) is 0.635. The van der Waals surface area contributed by atoms with Crippen LogP contribution < -0.4 is 16.2 Å². The predicted molar refractivity (Wildman–Crippen MR) is 232 cm³/mol. The molecule has 5 heterocycles. The number of methoxy groups -OCH3 is 1. The van der Waals surface area contributed by atoms with Crippen LogP contribution in [0.15, 0.2) is 0 Å². The third-order valence-corrected chi connectivity index (χ3v) is 13.9. The number of cyclic esters (lactones) is 1. The average Bonchev–Trinajstić information content (AvgIpc) is 3.59. The number of esters is 1. The number of aliphatic hydroxyl groups is 2. The van der Waals surface area contributed by atoms with Gasteiger partial charge in [0, 0.05) is 33.2 Å². The van der Waals surface area contributed by atoms with Crippen LogP contribution in [0, 0.1) is 23.7 Å². The summed E-state index contributed by atoms with van der Waals surface area (Å²) in [5, 5.41) is 51.5. The fourth-order valence-corrected chi connectivity index (χ4v) is 10.2. The van der Waals surface area contributed by atoms with Crippen LogP contribution in [0.1, 0.15) is 120 Å². The molecule has 22 heteroatoms. The molecule has 0 spiro atoms. The zero-order valence-corrected chi connectivity index (χ0v) is 40.2. The summed E-state index contributed by atoms with van der Waals surface area (Å²) in [4.78, 5) is 102. The smallest absolute Gasteiger partial charge is 0.332 e. The summed E-state index contributed by atoms with van der Waals surface area (Å²) in [7, 11) is 1.30. The van der Waals surface area contributed by atoms with Gasteiger partial charge >= 0.3 is 5.97 Å². The van der Waals surface area contributed by atoms with Gasteiger partial charge in [0.2, 0.25) is 11.7 Å². The minimum atomic E-state index is -2.50. The number of carbonyl (C=O) groups excluding carboxylic acids is 7. The van der Waals surface area contributed by atoms with Crippen molar-refractivity contribution in [3.8, 4) is 0 Å². The van der Waals surface area contributed by atoms with E-state index in [1.807, 2.05) is 6.92 Å². The number of hydrogen-bond acceptors (Lipinski definition) is 16. The topological polar surface area (TPSA) is 280 Å². The van der Waals surface area contributed by atoms with Gasteiger partial charge in [0.25, 0.3) is 29.5 Å². The van der Waals surface area contributed by atoms with Crippen LogP contribution in [-0.4, -0.2) is 180 Å². The first-order valence-electron chi connectivity index (χ1n) is 23.5. The molecule has 0 aromatic heterocycles. The van der Waals surface area contributed by atoms with Crippen molar-refractivity contribution in [1.82, 2.24) is 41.2 Å². The first-order chi connectivity index (χ1) is 30.8. The van der Waals surface area contributed by atoms with Gasteiger partial charge in [-0.05, 0) is 88.9 Å². The minimum absolute atomic E-state index is 0.0275. The van der Waals surface area contributed by atoms with Crippen LogP contribution in [-0.2, 0) is 47.8 Å². The third kappa shape index (κ3) is 10.5. The Labute approximate surface area is 386 Å². The highest BCUT2D eigenvalue weighted by Crippen LogP contribution is 2.43. The molecular weight excluding hydrogens is 865 g/mol. The third-order valence-electron chi connectivity index (χ3n) is 13.9. The summed E-state index contributed by atoms with van der Waals surface area (Å²) in [6.45, 7) is 14.0. The van der Waals surface area contributed by atoms with E-state index in [2.05, 4.69) is 30.0 Å². The highest BCUT2D eigenvalue weighted by molar-refractivity contribution is 5.97. The lowest BCUT2D eigenvalue weighted by atomic mass is 9.78. The van der Waals surface area contributed by atoms with Crippen molar-refractivity contribution in [3.05, 3.63) is 0 Å². The Balaban J connectivity index is 1.62. The van der Waals surface area contributed by atoms with Crippen LogP contribution in [0.3, 0.4) is 0 Å². The van der Waals surface area contributed by atoms with E-state index in [9.17, 15) is 49.4 Å². The molecule has 0 saturated carbocycles. The number of fused-ring (bicyclic) bond motifs is 3. The zero-order valence-electron chi connectivity index (χ0n) is 40.2. The van der Waals surface area contributed by atoms with Gasteiger partial charge in [0.05, 0.1) is 11.7 Å². The predicted octanol–water partition coefficient (Wildman–Crippen LogP) is 0.201. The molecule has 22 nitrogen and oxygen atoms in total. The maximum absolute atomic E-state index is 15.1. The van der Waals surface area contributed by atoms with Gasteiger partial charge in [-0.2, -0.15) is 0 Å². The number of ether oxygens (including phenoxy) is 3. The molecule has 0 radical (unpaired) electrons. The van der Waals surface area contributed by atoms with Crippen LogP contribution in [0.2, 0.25) is 0 Å². The number of hydrogen-bond donors (Lipinski definition) is 7. The number of nitrogens with zero attached hydrogens (tertiary/aromatic N) is 5. The standard InChI is InChI=1S/C44H74N8O14/c1-11-30-27(22-24(2)3)16-17-44(64-10,66-30)43(9,61)41(59)47-32-34(26(6)7)65-40(58)33(25(4)5)52(63)39(57)35-42(8,60)18-21-48(35)36(54)28-14-12-19-45-50(28)31(53)23-49(62)37(55)29-15-13-20-46-51(29)38(32)56/h24-30,32-35,45-46,60-63H,11-23H2,1-10H3,(H,47,59). The number of nitrogens with one attached hydrogen (secondary N) is 3. The molecule has 0 aromatic carbocycles. The second-order valence-corrected chi connectivity index (χ2v) is 20.0. The van der Waals surface area contributed by atoms with E-state index in [-0.39, 0.29) is 61.4 Å².